The van der Waals surface area contributed by atoms with Crippen LogP contribution in [0.15, 0.2) is 36.4 Å². The van der Waals surface area contributed by atoms with Crippen molar-refractivity contribution in [3.8, 4) is 35.2 Å². The number of piperazine rings is 1. The molecule has 10 nitrogen and oxygen atoms in total. The average molecular weight is 685 g/mol. The largest absolute Gasteiger partial charge is 0.468 e. The zero-order chi connectivity index (χ0) is 35.4. The van der Waals surface area contributed by atoms with Gasteiger partial charge in [0.1, 0.15) is 41.4 Å². The minimum absolute atomic E-state index is 0.00962. The van der Waals surface area contributed by atoms with E-state index < -0.39 is 22.7 Å². The van der Waals surface area contributed by atoms with Crippen LogP contribution >= 0.6 is 0 Å². The first-order chi connectivity index (χ1) is 23.9. The van der Waals surface area contributed by atoms with E-state index in [4.69, 9.17) is 30.4 Å². The molecule has 2 bridgehead atoms. The Kier molecular flexibility index (Phi) is 8.50. The van der Waals surface area contributed by atoms with Crippen LogP contribution in [0.1, 0.15) is 52.0 Å². The van der Waals surface area contributed by atoms with Crippen LogP contribution in [0, 0.1) is 29.4 Å². The number of carbonyl (C=O) groups excluding carboxylic acids is 2. The van der Waals surface area contributed by atoms with Gasteiger partial charge < -0.3 is 28.6 Å². The average Bonchev–Trinajstić information content (AvgIpc) is 3.82. The maximum absolute atomic E-state index is 17.1. The number of benzene rings is 3. The van der Waals surface area contributed by atoms with Gasteiger partial charge in [-0.15, -0.1) is 6.42 Å². The van der Waals surface area contributed by atoms with E-state index in [1.54, 1.807) is 30.3 Å². The number of fused-ring (bicyclic) bond motifs is 4. The van der Waals surface area contributed by atoms with Crippen molar-refractivity contribution in [1.29, 1.82) is 0 Å². The van der Waals surface area contributed by atoms with Gasteiger partial charge >= 0.3 is 12.1 Å². The quantitative estimate of drug-likeness (QED) is 0.109. The number of hydrogen-bond acceptors (Lipinski definition) is 9. The molecule has 3 heterocycles. The summed E-state index contributed by atoms with van der Waals surface area (Å²) in [5, 5.41) is 1.33. The fraction of sp³-hybridized carbons (Fsp3) is 0.421. The lowest BCUT2D eigenvalue weighted by Crippen LogP contribution is -2.57. The number of hydrogen-bond donors (Lipinski definition) is 0. The molecule has 0 spiro atoms. The lowest BCUT2D eigenvalue weighted by Gasteiger charge is -2.42. The van der Waals surface area contributed by atoms with Crippen molar-refractivity contribution in [1.82, 2.24) is 14.9 Å². The number of halogens is 2. The molecule has 0 N–H and O–H groups in total. The summed E-state index contributed by atoms with van der Waals surface area (Å²) in [7, 11) is 1.48. The summed E-state index contributed by atoms with van der Waals surface area (Å²) in [6, 6.07) is 9.10. The van der Waals surface area contributed by atoms with Gasteiger partial charge in [-0.3, -0.25) is 4.90 Å². The summed E-state index contributed by atoms with van der Waals surface area (Å²) in [6.45, 7) is 6.41. The van der Waals surface area contributed by atoms with Gasteiger partial charge in [0.05, 0.1) is 23.1 Å². The maximum atomic E-state index is 17.1. The predicted molar refractivity (Wildman–Crippen MR) is 183 cm³/mol. The number of rotatable bonds is 9. The fourth-order valence-corrected chi connectivity index (χ4v) is 6.97. The highest BCUT2D eigenvalue weighted by atomic mass is 19.1. The van der Waals surface area contributed by atoms with Crippen molar-refractivity contribution in [3.05, 3.63) is 53.6 Å². The molecule has 2 unspecified atom stereocenters. The number of terminal acetylenes is 1. The van der Waals surface area contributed by atoms with Crippen molar-refractivity contribution >= 4 is 39.9 Å². The first kappa shape index (κ1) is 33.5. The molecule has 7 rings (SSSR count). The monoisotopic (exact) mass is 684 g/mol. The third-order valence-electron chi connectivity index (χ3n) is 9.60. The number of aldehydes is 1. The highest BCUT2D eigenvalue weighted by molar-refractivity contribution is 6.04. The molecule has 1 saturated carbocycles. The molecule has 4 aromatic rings. The van der Waals surface area contributed by atoms with Gasteiger partial charge in [0.15, 0.2) is 12.6 Å². The van der Waals surface area contributed by atoms with Crippen LogP contribution in [0.4, 0.5) is 19.4 Å². The zero-order valence-electron chi connectivity index (χ0n) is 28.4. The Labute approximate surface area is 288 Å². The van der Waals surface area contributed by atoms with Crippen LogP contribution in [-0.2, 0) is 14.3 Å². The van der Waals surface area contributed by atoms with E-state index >= 15 is 8.78 Å². The molecule has 3 fully saturated rings. The highest BCUT2D eigenvalue weighted by Crippen LogP contribution is 2.45. The van der Waals surface area contributed by atoms with Crippen LogP contribution in [-0.4, -0.2) is 78.5 Å². The molecule has 1 aliphatic carbocycles. The van der Waals surface area contributed by atoms with Crippen molar-refractivity contribution < 1.29 is 37.3 Å². The molecule has 2 aliphatic heterocycles. The van der Waals surface area contributed by atoms with Crippen LogP contribution in [0.25, 0.3) is 32.8 Å². The normalized spacial score (nSPS) is 19.4. The minimum atomic E-state index is -0.694. The highest BCUT2D eigenvalue weighted by Gasteiger charge is 2.46. The predicted octanol–water partition coefficient (Wildman–Crippen LogP) is 6.64. The zero-order valence-corrected chi connectivity index (χ0v) is 28.4. The van der Waals surface area contributed by atoms with E-state index in [9.17, 15) is 9.59 Å². The van der Waals surface area contributed by atoms with Gasteiger partial charge in [-0.25, -0.2) is 13.6 Å². The molecule has 1 amide bonds. The molecule has 0 radical (unpaired) electrons. The van der Waals surface area contributed by atoms with E-state index in [0.29, 0.717) is 59.2 Å². The Morgan fingerprint density at radius 2 is 1.80 bits per heavy atom. The van der Waals surface area contributed by atoms with E-state index in [0.717, 1.165) is 19.1 Å². The third kappa shape index (κ3) is 6.15. The van der Waals surface area contributed by atoms with Crippen molar-refractivity contribution in [2.75, 3.05) is 38.5 Å². The number of anilines is 1. The topological polar surface area (TPSA) is 103 Å². The molecular formula is C38H38F2N4O6. The number of nitrogens with zero attached hydrogens (tertiary/aromatic N) is 4. The molecule has 1 aromatic heterocycles. The Morgan fingerprint density at radius 3 is 2.44 bits per heavy atom. The first-order valence-corrected chi connectivity index (χ1v) is 16.6. The number of ether oxygens (including phenoxy) is 4. The lowest BCUT2D eigenvalue weighted by molar-refractivity contribution is -0.113. The number of aromatic nitrogens is 2. The smallest absolute Gasteiger partial charge is 0.410 e. The molecule has 12 heteroatoms. The van der Waals surface area contributed by atoms with Crippen molar-refractivity contribution in [3.63, 3.8) is 0 Å². The van der Waals surface area contributed by atoms with Gasteiger partial charge in [0.25, 0.3) is 0 Å². The lowest BCUT2D eigenvalue weighted by atomic mass is 9.93. The van der Waals surface area contributed by atoms with E-state index in [2.05, 4.69) is 10.9 Å². The standard InChI is InChI=1S/C38H38F2N4O6/c1-6-26-30(39)12-7-22-15-25(49-21-47-5)16-29(31(22)26)27-10-11-28-33(32(27)40)41-35(48-20-38(19-45)13-14-38)42-34(28)43-17-23-8-9-24(18-43)44(23)36(46)50-37(2,3)4/h1,7,10-12,15-16,19,23-24H,8-9,13-14,17-18,20-21H2,2-5H3. The number of methoxy groups -OCH3 is 1. The maximum Gasteiger partial charge on any atom is 0.410 e. The van der Waals surface area contributed by atoms with Crippen LogP contribution < -0.4 is 14.4 Å². The number of amides is 1. The molecule has 260 valence electrons. The van der Waals surface area contributed by atoms with Gasteiger partial charge in [-0.05, 0) is 81.7 Å². The molecular weight excluding hydrogens is 646 g/mol. The Morgan fingerprint density at radius 1 is 1.06 bits per heavy atom. The Balaban J connectivity index is 1.35. The molecule has 3 aliphatic rings. The molecule has 50 heavy (non-hydrogen) atoms. The summed E-state index contributed by atoms with van der Waals surface area (Å²) in [5.41, 5.74) is -0.838. The summed E-state index contributed by atoms with van der Waals surface area (Å²) >= 11 is 0. The Bertz CT molecular complexity index is 2040. The van der Waals surface area contributed by atoms with E-state index in [1.165, 1.54) is 13.2 Å². The minimum Gasteiger partial charge on any atom is -0.468 e. The summed E-state index contributed by atoms with van der Waals surface area (Å²) in [5.74, 6) is 1.94. The molecule has 2 saturated heterocycles. The first-order valence-electron chi connectivity index (χ1n) is 16.6. The van der Waals surface area contributed by atoms with Gasteiger partial charge in [-0.1, -0.05) is 18.1 Å². The van der Waals surface area contributed by atoms with Crippen LogP contribution in [0.3, 0.4) is 0 Å². The third-order valence-corrected chi connectivity index (χ3v) is 9.60. The van der Waals surface area contributed by atoms with Gasteiger partial charge in [-0.2, -0.15) is 9.97 Å². The van der Waals surface area contributed by atoms with Crippen molar-refractivity contribution in [2.45, 2.75) is 64.1 Å². The summed E-state index contributed by atoms with van der Waals surface area (Å²) < 4.78 is 54.6. The summed E-state index contributed by atoms with van der Waals surface area (Å²) in [6.07, 6.45) is 9.25. The second kappa shape index (κ2) is 12.7. The Hall–Kier alpha value is -5.02. The second-order valence-corrected chi connectivity index (χ2v) is 14.3. The van der Waals surface area contributed by atoms with Crippen LogP contribution in [0.2, 0.25) is 0 Å². The van der Waals surface area contributed by atoms with Crippen LogP contribution in [0.5, 0.6) is 11.8 Å². The summed E-state index contributed by atoms with van der Waals surface area (Å²) in [4.78, 5) is 38.0. The molecule has 3 aromatic carbocycles. The SMILES string of the molecule is C#Cc1c(F)ccc2cc(OCOC)cc(-c3ccc4c(N5CC6CCC(C5)N6C(=O)OC(C)(C)C)nc(OCC5(C=O)CC5)nc4c3F)c12. The number of carbonyl (C=O) groups is 2. The van der Waals surface area contributed by atoms with E-state index in [1.807, 2.05) is 30.6 Å². The van der Waals surface area contributed by atoms with Gasteiger partial charge in [0.2, 0.25) is 0 Å². The van der Waals surface area contributed by atoms with Gasteiger partial charge in [0, 0.05) is 36.5 Å². The van der Waals surface area contributed by atoms with Crippen molar-refractivity contribution in [2.24, 2.45) is 5.41 Å². The fourth-order valence-electron chi connectivity index (χ4n) is 6.97. The van der Waals surface area contributed by atoms with E-state index in [-0.39, 0.29) is 54.2 Å². The second-order valence-electron chi connectivity index (χ2n) is 14.3. The molecule has 2 atom stereocenters.